The first-order valence-corrected chi connectivity index (χ1v) is 10.4. The van der Waals surface area contributed by atoms with Crippen molar-refractivity contribution in [2.24, 2.45) is 0 Å². The van der Waals surface area contributed by atoms with Crippen LogP contribution >= 0.6 is 0 Å². The van der Waals surface area contributed by atoms with Crippen molar-refractivity contribution in [3.63, 3.8) is 0 Å². The number of nitrogens with one attached hydrogen (secondary N) is 2. The van der Waals surface area contributed by atoms with Gasteiger partial charge in [-0.1, -0.05) is 37.3 Å². The number of hydrogen-bond acceptors (Lipinski definition) is 4. The molecule has 2 aromatic rings. The average molecular weight is 388 g/mol. The molecule has 0 saturated heterocycles. The van der Waals surface area contributed by atoms with Crippen LogP contribution in [0.4, 0.5) is 0 Å². The van der Waals surface area contributed by atoms with Gasteiger partial charge in [0.05, 0.1) is 7.11 Å². The minimum Gasteiger partial charge on any atom is -0.495 e. The Labute approximate surface area is 160 Å². The van der Waals surface area contributed by atoms with E-state index in [4.69, 9.17) is 4.74 Å². The monoisotopic (exact) mass is 388 g/mol. The highest BCUT2D eigenvalue weighted by Crippen LogP contribution is 2.28. The number of carbonyl (C=O) groups excluding carboxylic acids is 1. The number of rotatable bonds is 8. The minimum absolute atomic E-state index is 0.0133. The molecule has 1 aliphatic carbocycles. The van der Waals surface area contributed by atoms with Crippen LogP contribution < -0.4 is 14.8 Å². The van der Waals surface area contributed by atoms with Crippen molar-refractivity contribution in [3.8, 4) is 5.75 Å². The minimum atomic E-state index is -3.73. The molecule has 27 heavy (non-hydrogen) atoms. The van der Waals surface area contributed by atoms with Gasteiger partial charge in [0.1, 0.15) is 10.6 Å². The third-order valence-corrected chi connectivity index (χ3v) is 6.09. The zero-order valence-corrected chi connectivity index (χ0v) is 16.3. The SMILES string of the molecule is COc1ccc(C(=O)NCC(C)c2ccccc2)cc1S(=O)(=O)NC1CC1. The number of methoxy groups -OCH3 is 1. The Bertz CT molecular complexity index is 909. The van der Waals surface area contributed by atoms with E-state index in [0.717, 1.165) is 18.4 Å². The summed E-state index contributed by atoms with van der Waals surface area (Å²) in [5.74, 6) is 0.0498. The zero-order valence-electron chi connectivity index (χ0n) is 15.4. The Morgan fingerprint density at radius 3 is 2.52 bits per heavy atom. The molecule has 0 spiro atoms. The normalized spacial score (nSPS) is 15.2. The fourth-order valence-corrected chi connectivity index (χ4v) is 4.26. The summed E-state index contributed by atoms with van der Waals surface area (Å²) < 4.78 is 32.9. The van der Waals surface area contributed by atoms with E-state index in [2.05, 4.69) is 10.0 Å². The highest BCUT2D eigenvalue weighted by molar-refractivity contribution is 7.89. The molecule has 2 N–H and O–H groups in total. The Morgan fingerprint density at radius 1 is 1.19 bits per heavy atom. The van der Waals surface area contributed by atoms with Crippen LogP contribution in [-0.2, 0) is 10.0 Å². The molecular weight excluding hydrogens is 364 g/mol. The fourth-order valence-electron chi connectivity index (χ4n) is 2.76. The van der Waals surface area contributed by atoms with E-state index in [9.17, 15) is 13.2 Å². The predicted octanol–water partition coefficient (Wildman–Crippen LogP) is 2.67. The maximum Gasteiger partial charge on any atom is 0.251 e. The van der Waals surface area contributed by atoms with Crippen LogP contribution in [0, 0.1) is 0 Å². The van der Waals surface area contributed by atoms with Gasteiger partial charge in [0, 0.05) is 18.2 Å². The van der Waals surface area contributed by atoms with E-state index in [1.165, 1.54) is 19.2 Å². The highest BCUT2D eigenvalue weighted by Gasteiger charge is 2.30. The highest BCUT2D eigenvalue weighted by atomic mass is 32.2. The Morgan fingerprint density at radius 2 is 1.89 bits per heavy atom. The fraction of sp³-hybridized carbons (Fsp3) is 0.350. The lowest BCUT2D eigenvalue weighted by atomic mass is 10.0. The van der Waals surface area contributed by atoms with Crippen LogP contribution in [-0.4, -0.2) is 34.0 Å². The number of hydrogen-bond donors (Lipinski definition) is 2. The summed E-state index contributed by atoms with van der Waals surface area (Å²) in [7, 11) is -2.32. The second kappa shape index (κ2) is 8.10. The molecule has 0 bridgehead atoms. The van der Waals surface area contributed by atoms with Crippen molar-refractivity contribution < 1.29 is 17.9 Å². The van der Waals surface area contributed by atoms with Crippen LogP contribution in [0.2, 0.25) is 0 Å². The van der Waals surface area contributed by atoms with Gasteiger partial charge in [-0.05, 0) is 42.5 Å². The predicted molar refractivity (Wildman–Crippen MR) is 104 cm³/mol. The maximum atomic E-state index is 12.6. The van der Waals surface area contributed by atoms with Gasteiger partial charge in [0.15, 0.2) is 0 Å². The summed E-state index contributed by atoms with van der Waals surface area (Å²) in [5.41, 5.74) is 1.41. The number of benzene rings is 2. The van der Waals surface area contributed by atoms with Crippen LogP contribution in [0.1, 0.15) is 41.6 Å². The average Bonchev–Trinajstić information content (AvgIpc) is 3.49. The zero-order chi connectivity index (χ0) is 19.4. The quantitative estimate of drug-likeness (QED) is 0.728. The first-order valence-electron chi connectivity index (χ1n) is 8.94. The number of ether oxygens (including phenoxy) is 1. The molecule has 0 heterocycles. The largest absolute Gasteiger partial charge is 0.495 e. The summed E-state index contributed by atoms with van der Waals surface area (Å²) in [4.78, 5) is 12.5. The topological polar surface area (TPSA) is 84.5 Å². The van der Waals surface area contributed by atoms with Gasteiger partial charge in [-0.15, -0.1) is 0 Å². The lowest BCUT2D eigenvalue weighted by Crippen LogP contribution is -2.29. The Hall–Kier alpha value is -2.38. The molecule has 144 valence electrons. The number of sulfonamides is 1. The molecule has 7 heteroatoms. The molecule has 1 amide bonds. The van der Waals surface area contributed by atoms with E-state index < -0.39 is 10.0 Å². The second-order valence-electron chi connectivity index (χ2n) is 6.78. The summed E-state index contributed by atoms with van der Waals surface area (Å²) in [6.45, 7) is 2.48. The third-order valence-electron chi connectivity index (χ3n) is 4.55. The van der Waals surface area contributed by atoms with Crippen molar-refractivity contribution in [3.05, 3.63) is 59.7 Å². The lowest BCUT2D eigenvalue weighted by molar-refractivity contribution is 0.0951. The van der Waals surface area contributed by atoms with E-state index in [0.29, 0.717) is 6.54 Å². The summed E-state index contributed by atoms with van der Waals surface area (Å²) in [5, 5.41) is 2.87. The van der Waals surface area contributed by atoms with Crippen LogP contribution in [0.5, 0.6) is 5.75 Å². The number of carbonyl (C=O) groups is 1. The van der Waals surface area contributed by atoms with E-state index >= 15 is 0 Å². The van der Waals surface area contributed by atoms with Gasteiger partial charge >= 0.3 is 0 Å². The molecule has 1 saturated carbocycles. The van der Waals surface area contributed by atoms with Crippen molar-refractivity contribution in [2.75, 3.05) is 13.7 Å². The molecule has 1 aliphatic rings. The van der Waals surface area contributed by atoms with E-state index in [-0.39, 0.29) is 34.1 Å². The van der Waals surface area contributed by atoms with E-state index in [1.54, 1.807) is 6.07 Å². The van der Waals surface area contributed by atoms with Gasteiger partial charge in [-0.3, -0.25) is 4.79 Å². The number of amides is 1. The van der Waals surface area contributed by atoms with Gasteiger partial charge in [0.2, 0.25) is 10.0 Å². The molecule has 0 aliphatic heterocycles. The smallest absolute Gasteiger partial charge is 0.251 e. The maximum absolute atomic E-state index is 12.6. The van der Waals surface area contributed by atoms with Crippen LogP contribution in [0.25, 0.3) is 0 Å². The van der Waals surface area contributed by atoms with Crippen molar-refractivity contribution in [1.29, 1.82) is 0 Å². The summed E-state index contributed by atoms with van der Waals surface area (Å²) >= 11 is 0. The van der Waals surface area contributed by atoms with Gasteiger partial charge in [0.25, 0.3) is 5.91 Å². The van der Waals surface area contributed by atoms with Crippen molar-refractivity contribution in [2.45, 2.75) is 36.6 Å². The molecule has 6 nitrogen and oxygen atoms in total. The van der Waals surface area contributed by atoms with Gasteiger partial charge in [-0.2, -0.15) is 0 Å². The van der Waals surface area contributed by atoms with Gasteiger partial charge < -0.3 is 10.1 Å². The van der Waals surface area contributed by atoms with Crippen LogP contribution in [0.15, 0.2) is 53.4 Å². The third kappa shape index (κ3) is 4.87. The first-order chi connectivity index (χ1) is 12.9. The molecule has 0 aromatic heterocycles. The molecule has 2 aromatic carbocycles. The first kappa shape index (κ1) is 19.4. The summed E-state index contributed by atoms with van der Waals surface area (Å²) in [6, 6.07) is 14.3. The standard InChI is InChI=1S/C20H24N2O4S/c1-14(15-6-4-3-5-7-15)13-21-20(23)16-8-11-18(26-2)19(12-16)27(24,25)22-17-9-10-17/h3-8,11-12,14,17,22H,9-10,13H2,1-2H3,(H,21,23). The lowest BCUT2D eigenvalue weighted by Gasteiger charge is -2.15. The van der Waals surface area contributed by atoms with Crippen molar-refractivity contribution in [1.82, 2.24) is 10.0 Å². The van der Waals surface area contributed by atoms with Gasteiger partial charge in [-0.25, -0.2) is 13.1 Å². The van der Waals surface area contributed by atoms with E-state index in [1.807, 2.05) is 37.3 Å². The van der Waals surface area contributed by atoms with Crippen LogP contribution in [0.3, 0.4) is 0 Å². The molecule has 1 atom stereocenters. The molecule has 3 rings (SSSR count). The summed E-state index contributed by atoms with van der Waals surface area (Å²) in [6.07, 6.45) is 1.66. The molecule has 1 unspecified atom stereocenters. The Balaban J connectivity index is 1.74. The Kier molecular flexibility index (Phi) is 5.82. The second-order valence-corrected chi connectivity index (χ2v) is 8.47. The molecular formula is C20H24N2O4S. The molecule has 1 fully saturated rings. The van der Waals surface area contributed by atoms with Crippen molar-refractivity contribution >= 4 is 15.9 Å². The molecule has 0 radical (unpaired) electrons.